The van der Waals surface area contributed by atoms with Gasteiger partial charge < -0.3 is 16.0 Å². The number of carbonyl (C=O) groups is 1. The summed E-state index contributed by atoms with van der Waals surface area (Å²) in [4.78, 5) is 11.7. The second-order valence-electron chi connectivity index (χ2n) is 5.11. The van der Waals surface area contributed by atoms with Gasteiger partial charge in [-0.2, -0.15) is 0 Å². The summed E-state index contributed by atoms with van der Waals surface area (Å²) in [5.74, 6) is 0. The van der Waals surface area contributed by atoms with Crippen molar-refractivity contribution in [3.05, 3.63) is 35.9 Å². The molecule has 0 saturated carbocycles. The normalized spacial score (nSPS) is 22.7. The van der Waals surface area contributed by atoms with Gasteiger partial charge in [0.15, 0.2) is 0 Å². The predicted molar refractivity (Wildman–Crippen MR) is 72.3 cm³/mol. The smallest absolute Gasteiger partial charge is 0.315 e. The van der Waals surface area contributed by atoms with Crippen LogP contribution in [0.25, 0.3) is 0 Å². The van der Waals surface area contributed by atoms with Crippen molar-refractivity contribution in [2.24, 2.45) is 0 Å². The molecule has 0 spiro atoms. The maximum Gasteiger partial charge on any atom is 0.315 e. The Morgan fingerprint density at radius 2 is 2.11 bits per heavy atom. The van der Waals surface area contributed by atoms with E-state index >= 15 is 0 Å². The van der Waals surface area contributed by atoms with Gasteiger partial charge in [-0.15, -0.1) is 0 Å². The molecule has 1 aromatic carbocycles. The van der Waals surface area contributed by atoms with E-state index < -0.39 is 0 Å². The van der Waals surface area contributed by atoms with Crippen LogP contribution in [0.5, 0.6) is 0 Å². The van der Waals surface area contributed by atoms with Crippen LogP contribution < -0.4 is 16.0 Å². The first kappa shape index (κ1) is 12.9. The van der Waals surface area contributed by atoms with Crippen LogP contribution in [0.1, 0.15) is 25.3 Å². The maximum atomic E-state index is 11.7. The number of hydrogen-bond acceptors (Lipinski definition) is 2. The van der Waals surface area contributed by atoms with Crippen LogP contribution in [0.4, 0.5) is 4.79 Å². The molecule has 1 saturated heterocycles. The summed E-state index contributed by atoms with van der Waals surface area (Å²) in [7, 11) is 0. The highest BCUT2D eigenvalue weighted by atomic mass is 16.2. The molecule has 1 aliphatic heterocycles. The highest BCUT2D eigenvalue weighted by Gasteiger charge is 2.27. The molecule has 3 N–H and O–H groups in total. The summed E-state index contributed by atoms with van der Waals surface area (Å²) < 4.78 is 0. The van der Waals surface area contributed by atoms with Crippen molar-refractivity contribution >= 4 is 6.03 Å². The Morgan fingerprint density at radius 1 is 1.33 bits per heavy atom. The number of benzene rings is 1. The molecular weight excluding hydrogens is 226 g/mol. The Hall–Kier alpha value is -1.55. The van der Waals surface area contributed by atoms with Crippen LogP contribution in [0.3, 0.4) is 0 Å². The molecule has 1 fully saturated rings. The molecule has 1 aliphatic rings. The Morgan fingerprint density at radius 3 is 2.78 bits per heavy atom. The van der Waals surface area contributed by atoms with Crippen LogP contribution in [-0.4, -0.2) is 24.7 Å². The van der Waals surface area contributed by atoms with Crippen LogP contribution in [0.2, 0.25) is 0 Å². The monoisotopic (exact) mass is 247 g/mol. The number of urea groups is 1. The van der Waals surface area contributed by atoms with E-state index in [1.165, 1.54) is 6.42 Å². The first-order valence-corrected chi connectivity index (χ1v) is 6.49. The van der Waals surface area contributed by atoms with Crippen molar-refractivity contribution < 1.29 is 4.79 Å². The molecule has 0 aliphatic carbocycles. The summed E-state index contributed by atoms with van der Waals surface area (Å²) in [5.41, 5.74) is 1.17. The largest absolute Gasteiger partial charge is 0.336 e. The third-order valence-corrected chi connectivity index (χ3v) is 3.39. The minimum absolute atomic E-state index is 0.0596. The second-order valence-corrected chi connectivity index (χ2v) is 5.11. The molecule has 0 radical (unpaired) electrons. The van der Waals surface area contributed by atoms with Crippen molar-refractivity contribution in [2.75, 3.05) is 13.1 Å². The summed E-state index contributed by atoms with van der Waals surface area (Å²) in [5, 5.41) is 9.20. The van der Waals surface area contributed by atoms with E-state index in [9.17, 15) is 4.79 Å². The standard InChI is InChI=1S/C14H21N3O/c1-14(8-5-9-17-14)11-16-13(18)15-10-12-6-3-2-4-7-12/h2-4,6-7,17H,5,8-11H2,1H3,(H2,15,16,18). The van der Waals surface area contributed by atoms with Crippen molar-refractivity contribution in [3.8, 4) is 0 Å². The molecule has 2 amide bonds. The predicted octanol–water partition coefficient (Wildman–Crippen LogP) is 1.63. The molecule has 1 heterocycles. The molecule has 98 valence electrons. The number of amides is 2. The van der Waals surface area contributed by atoms with E-state index in [0.29, 0.717) is 13.1 Å². The quantitative estimate of drug-likeness (QED) is 0.757. The van der Waals surface area contributed by atoms with Gasteiger partial charge in [0.1, 0.15) is 0 Å². The molecule has 18 heavy (non-hydrogen) atoms. The fraction of sp³-hybridized carbons (Fsp3) is 0.500. The molecule has 0 aromatic heterocycles. The zero-order valence-corrected chi connectivity index (χ0v) is 10.8. The van der Waals surface area contributed by atoms with E-state index in [0.717, 1.165) is 18.5 Å². The summed E-state index contributed by atoms with van der Waals surface area (Å²) >= 11 is 0. The zero-order valence-electron chi connectivity index (χ0n) is 10.8. The Kier molecular flexibility index (Phi) is 4.20. The number of nitrogens with one attached hydrogen (secondary N) is 3. The number of rotatable bonds is 4. The van der Waals surface area contributed by atoms with E-state index in [4.69, 9.17) is 0 Å². The average molecular weight is 247 g/mol. The van der Waals surface area contributed by atoms with Crippen molar-refractivity contribution in [3.63, 3.8) is 0 Å². The minimum atomic E-state index is -0.103. The van der Waals surface area contributed by atoms with Crippen molar-refractivity contribution in [1.82, 2.24) is 16.0 Å². The van der Waals surface area contributed by atoms with Crippen LogP contribution in [0.15, 0.2) is 30.3 Å². The lowest BCUT2D eigenvalue weighted by atomic mass is 10.0. The fourth-order valence-electron chi connectivity index (χ4n) is 2.22. The van der Waals surface area contributed by atoms with Crippen molar-refractivity contribution in [1.29, 1.82) is 0 Å². The Balaban J connectivity index is 1.69. The van der Waals surface area contributed by atoms with E-state index in [-0.39, 0.29) is 11.6 Å². The van der Waals surface area contributed by atoms with Gasteiger partial charge in [0.2, 0.25) is 0 Å². The number of carbonyl (C=O) groups excluding carboxylic acids is 1. The third-order valence-electron chi connectivity index (χ3n) is 3.39. The van der Waals surface area contributed by atoms with Gasteiger partial charge in [-0.25, -0.2) is 4.79 Å². The summed E-state index contributed by atoms with van der Waals surface area (Å²) in [6.45, 7) is 4.44. The zero-order chi connectivity index (χ0) is 12.8. The lowest BCUT2D eigenvalue weighted by Gasteiger charge is -2.24. The Bertz CT molecular complexity index is 385. The minimum Gasteiger partial charge on any atom is -0.336 e. The second kappa shape index (κ2) is 5.87. The molecule has 1 atom stereocenters. The van der Waals surface area contributed by atoms with Crippen molar-refractivity contribution in [2.45, 2.75) is 31.8 Å². The molecule has 4 nitrogen and oxygen atoms in total. The third kappa shape index (κ3) is 3.74. The first-order chi connectivity index (χ1) is 8.68. The summed E-state index contributed by atoms with van der Waals surface area (Å²) in [6.07, 6.45) is 2.30. The average Bonchev–Trinajstić information content (AvgIpc) is 2.83. The SMILES string of the molecule is CC1(CNC(=O)NCc2ccccc2)CCCN1. The molecular formula is C14H21N3O. The highest BCUT2D eigenvalue weighted by Crippen LogP contribution is 2.16. The highest BCUT2D eigenvalue weighted by molar-refractivity contribution is 5.73. The molecule has 1 unspecified atom stereocenters. The van der Waals surface area contributed by atoms with Gasteiger partial charge in [-0.3, -0.25) is 0 Å². The first-order valence-electron chi connectivity index (χ1n) is 6.49. The van der Waals surface area contributed by atoms with Gasteiger partial charge in [-0.05, 0) is 31.9 Å². The Labute approximate surface area is 108 Å². The fourth-order valence-corrected chi connectivity index (χ4v) is 2.22. The van der Waals surface area contributed by atoms with Crippen LogP contribution >= 0.6 is 0 Å². The van der Waals surface area contributed by atoms with Gasteiger partial charge in [0.25, 0.3) is 0 Å². The van der Waals surface area contributed by atoms with Gasteiger partial charge in [0, 0.05) is 18.6 Å². The molecule has 4 heteroatoms. The van der Waals surface area contributed by atoms with Gasteiger partial charge in [-0.1, -0.05) is 30.3 Å². The number of hydrogen-bond donors (Lipinski definition) is 3. The topological polar surface area (TPSA) is 53.2 Å². The molecule has 1 aromatic rings. The maximum absolute atomic E-state index is 11.7. The van der Waals surface area contributed by atoms with E-state index in [1.54, 1.807) is 0 Å². The lowest BCUT2D eigenvalue weighted by Crippen LogP contribution is -2.49. The van der Waals surface area contributed by atoms with Crippen LogP contribution in [0, 0.1) is 0 Å². The van der Waals surface area contributed by atoms with Gasteiger partial charge >= 0.3 is 6.03 Å². The molecule has 2 rings (SSSR count). The lowest BCUT2D eigenvalue weighted by molar-refractivity contribution is 0.236. The van der Waals surface area contributed by atoms with Gasteiger partial charge in [0.05, 0.1) is 0 Å². The molecule has 0 bridgehead atoms. The summed E-state index contributed by atoms with van der Waals surface area (Å²) in [6, 6.07) is 9.81. The van der Waals surface area contributed by atoms with E-state index in [1.807, 2.05) is 30.3 Å². The van der Waals surface area contributed by atoms with Crippen LogP contribution in [-0.2, 0) is 6.54 Å². The van der Waals surface area contributed by atoms with E-state index in [2.05, 4.69) is 22.9 Å².